The molecule has 0 spiro atoms. The van der Waals surface area contributed by atoms with Crippen LogP contribution in [0.4, 0.5) is 16.4 Å². The molecule has 1 aliphatic heterocycles. The summed E-state index contributed by atoms with van der Waals surface area (Å²) < 4.78 is 40.5. The second-order valence-electron chi connectivity index (χ2n) is 8.89. The van der Waals surface area contributed by atoms with E-state index in [0.717, 1.165) is 11.3 Å². The first-order valence-corrected chi connectivity index (χ1v) is 12.7. The molecule has 0 saturated heterocycles. The van der Waals surface area contributed by atoms with Crippen LogP contribution in [0, 0.1) is 0 Å². The number of nitrogens with one attached hydrogen (secondary N) is 1. The van der Waals surface area contributed by atoms with Gasteiger partial charge >= 0.3 is 6.09 Å². The van der Waals surface area contributed by atoms with Gasteiger partial charge in [0.05, 0.1) is 42.7 Å². The maximum absolute atomic E-state index is 12.5. The van der Waals surface area contributed by atoms with Gasteiger partial charge in [-0.3, -0.25) is 0 Å². The topological polar surface area (TPSA) is 120 Å². The first-order chi connectivity index (χ1) is 16.1. The van der Waals surface area contributed by atoms with Crippen molar-refractivity contribution in [2.75, 3.05) is 44.5 Å². The minimum Gasteiger partial charge on any atom is -0.444 e. The van der Waals surface area contributed by atoms with Crippen LogP contribution in [0.2, 0.25) is 0 Å². The number of methoxy groups -OCH3 is 1. The molecule has 0 radical (unpaired) electrons. The molecule has 0 fully saturated rings. The van der Waals surface area contributed by atoms with Crippen LogP contribution in [0.25, 0.3) is 0 Å². The van der Waals surface area contributed by atoms with Crippen LogP contribution in [0.15, 0.2) is 35.4 Å². The van der Waals surface area contributed by atoms with Gasteiger partial charge in [0.2, 0.25) is 5.95 Å². The average molecular weight is 493 g/mol. The highest BCUT2D eigenvalue weighted by molar-refractivity contribution is 7.91. The molecule has 186 valence electrons. The number of hydrogen-bond donors (Lipinski definition) is 1. The molecule has 0 bridgehead atoms. The summed E-state index contributed by atoms with van der Waals surface area (Å²) in [4.78, 5) is 23.2. The van der Waals surface area contributed by atoms with Gasteiger partial charge < -0.3 is 24.4 Å². The zero-order chi connectivity index (χ0) is 24.8. The van der Waals surface area contributed by atoms with Crippen molar-refractivity contribution in [1.29, 1.82) is 0 Å². The van der Waals surface area contributed by atoms with Gasteiger partial charge in [0, 0.05) is 25.5 Å². The van der Waals surface area contributed by atoms with Crippen LogP contribution in [0.1, 0.15) is 32.0 Å². The molecule has 1 aliphatic rings. The second kappa shape index (κ2) is 11.1. The van der Waals surface area contributed by atoms with Crippen molar-refractivity contribution in [3.63, 3.8) is 0 Å². The van der Waals surface area contributed by atoms with E-state index in [9.17, 15) is 13.2 Å². The Bertz CT molecular complexity index is 1080. The normalized spacial score (nSPS) is 13.9. The van der Waals surface area contributed by atoms with Gasteiger partial charge in [-0.1, -0.05) is 0 Å². The quantitative estimate of drug-likeness (QED) is 0.527. The van der Waals surface area contributed by atoms with Crippen molar-refractivity contribution in [2.24, 2.45) is 0 Å². The summed E-state index contributed by atoms with van der Waals surface area (Å²) in [7, 11) is -1.89. The third-order valence-corrected chi connectivity index (χ3v) is 6.69. The number of sulfone groups is 1. The van der Waals surface area contributed by atoms with E-state index in [2.05, 4.69) is 15.3 Å². The van der Waals surface area contributed by atoms with Crippen molar-refractivity contribution in [2.45, 2.75) is 44.2 Å². The van der Waals surface area contributed by atoms with Gasteiger partial charge in [-0.25, -0.2) is 23.2 Å². The lowest BCUT2D eigenvalue weighted by atomic mass is 10.1. The molecule has 2 heterocycles. The zero-order valence-electron chi connectivity index (χ0n) is 20.0. The highest BCUT2D eigenvalue weighted by atomic mass is 32.2. The minimum atomic E-state index is -3.45. The molecular weight excluding hydrogens is 460 g/mol. The number of aromatic nitrogens is 2. The van der Waals surface area contributed by atoms with Crippen LogP contribution in [-0.2, 0) is 37.0 Å². The van der Waals surface area contributed by atoms with E-state index >= 15 is 0 Å². The second-order valence-corrected chi connectivity index (χ2v) is 11.0. The molecule has 1 amide bonds. The van der Waals surface area contributed by atoms with Gasteiger partial charge in [0.1, 0.15) is 5.60 Å². The fourth-order valence-corrected chi connectivity index (χ4v) is 4.37. The number of ether oxygens (including phenoxy) is 3. The number of rotatable bonds is 9. The van der Waals surface area contributed by atoms with E-state index in [1.165, 1.54) is 12.1 Å². The maximum atomic E-state index is 12.5. The molecule has 1 aromatic heterocycles. The third kappa shape index (κ3) is 7.37. The Morgan fingerprint density at radius 3 is 2.56 bits per heavy atom. The summed E-state index contributed by atoms with van der Waals surface area (Å²) in [5.74, 6) is 0.262. The number of benzene rings is 1. The largest absolute Gasteiger partial charge is 0.444 e. The highest BCUT2D eigenvalue weighted by Crippen LogP contribution is 2.22. The molecule has 2 aromatic rings. The fourth-order valence-electron chi connectivity index (χ4n) is 3.25. The molecule has 0 unspecified atom stereocenters. The monoisotopic (exact) mass is 492 g/mol. The Morgan fingerprint density at radius 2 is 1.88 bits per heavy atom. The number of fused-ring (bicyclic) bond motifs is 1. The SMILES string of the molecule is COCCOCCS(=O)(=O)c1ccc(Nc2ncc3c(n2)CN(C(=O)OC(C)(C)C)CC3)cc1. The summed E-state index contributed by atoms with van der Waals surface area (Å²) in [6.45, 7) is 7.27. The molecule has 1 aromatic carbocycles. The lowest BCUT2D eigenvalue weighted by molar-refractivity contribution is 0.0220. The molecule has 0 aliphatic carbocycles. The summed E-state index contributed by atoms with van der Waals surface area (Å²) in [5.41, 5.74) is 1.82. The van der Waals surface area contributed by atoms with Crippen LogP contribution in [0.3, 0.4) is 0 Å². The van der Waals surface area contributed by atoms with Gasteiger partial charge in [0.15, 0.2) is 9.84 Å². The number of amides is 1. The lowest BCUT2D eigenvalue weighted by Gasteiger charge is -2.30. The van der Waals surface area contributed by atoms with Crippen LogP contribution in [-0.4, -0.2) is 74.2 Å². The number of nitrogens with zero attached hydrogens (tertiary/aromatic N) is 3. The number of carbonyl (C=O) groups is 1. The lowest BCUT2D eigenvalue weighted by Crippen LogP contribution is -2.40. The standard InChI is InChI=1S/C23H32N4O6S/c1-23(2,3)33-22(28)27-10-9-17-15-24-21(26-20(17)16-27)25-18-5-7-19(8-6-18)34(29,30)14-13-32-12-11-31-4/h5-8,15H,9-14,16H2,1-4H3,(H,24,25,26). The average Bonchev–Trinajstić information content (AvgIpc) is 2.77. The summed E-state index contributed by atoms with van der Waals surface area (Å²) in [5, 5.41) is 3.09. The number of anilines is 2. The van der Waals surface area contributed by atoms with Gasteiger partial charge in [0.25, 0.3) is 0 Å². The van der Waals surface area contributed by atoms with Gasteiger partial charge in [-0.15, -0.1) is 0 Å². The van der Waals surface area contributed by atoms with E-state index < -0.39 is 15.4 Å². The Balaban J connectivity index is 1.61. The van der Waals surface area contributed by atoms with E-state index in [0.29, 0.717) is 44.4 Å². The van der Waals surface area contributed by atoms with E-state index in [1.807, 2.05) is 20.8 Å². The van der Waals surface area contributed by atoms with E-state index in [-0.39, 0.29) is 23.3 Å². The van der Waals surface area contributed by atoms with Crippen molar-refractivity contribution in [3.8, 4) is 0 Å². The Labute approximate surface area is 200 Å². The van der Waals surface area contributed by atoms with Crippen LogP contribution >= 0.6 is 0 Å². The number of carbonyl (C=O) groups excluding carboxylic acids is 1. The summed E-state index contributed by atoms with van der Waals surface area (Å²) >= 11 is 0. The van der Waals surface area contributed by atoms with Crippen molar-refractivity contribution >= 4 is 27.6 Å². The highest BCUT2D eigenvalue weighted by Gasteiger charge is 2.26. The molecule has 1 N–H and O–H groups in total. The first-order valence-electron chi connectivity index (χ1n) is 11.1. The molecule has 3 rings (SSSR count). The zero-order valence-corrected chi connectivity index (χ0v) is 20.9. The molecule has 0 atom stereocenters. The van der Waals surface area contributed by atoms with Crippen molar-refractivity contribution in [1.82, 2.24) is 14.9 Å². The molecular formula is C23H32N4O6S. The molecule has 0 saturated carbocycles. The van der Waals surface area contributed by atoms with Crippen molar-refractivity contribution < 1.29 is 27.4 Å². The van der Waals surface area contributed by atoms with E-state index in [4.69, 9.17) is 14.2 Å². The molecule has 10 nitrogen and oxygen atoms in total. The molecule has 11 heteroatoms. The van der Waals surface area contributed by atoms with Gasteiger partial charge in [-0.2, -0.15) is 0 Å². The Morgan fingerprint density at radius 1 is 1.15 bits per heavy atom. The maximum Gasteiger partial charge on any atom is 0.410 e. The summed E-state index contributed by atoms with van der Waals surface area (Å²) in [6.07, 6.45) is 2.03. The van der Waals surface area contributed by atoms with E-state index in [1.54, 1.807) is 30.3 Å². The smallest absolute Gasteiger partial charge is 0.410 e. The van der Waals surface area contributed by atoms with Crippen LogP contribution < -0.4 is 5.32 Å². The fraction of sp³-hybridized carbons (Fsp3) is 0.522. The Hall–Kier alpha value is -2.76. The predicted molar refractivity (Wildman–Crippen MR) is 127 cm³/mol. The van der Waals surface area contributed by atoms with Crippen LogP contribution in [0.5, 0.6) is 0 Å². The summed E-state index contributed by atoms with van der Waals surface area (Å²) in [6, 6.07) is 6.40. The third-order valence-electron chi connectivity index (χ3n) is 5.00. The van der Waals surface area contributed by atoms with Gasteiger partial charge in [-0.05, 0) is 57.0 Å². The predicted octanol–water partition coefficient (Wildman–Crippen LogP) is 2.95. The van der Waals surface area contributed by atoms with Crippen molar-refractivity contribution in [3.05, 3.63) is 41.7 Å². The number of hydrogen-bond acceptors (Lipinski definition) is 9. The molecule has 34 heavy (non-hydrogen) atoms. The first kappa shape index (κ1) is 25.9. The minimum absolute atomic E-state index is 0.106. The Kier molecular flexibility index (Phi) is 8.45.